The van der Waals surface area contributed by atoms with Crippen LogP contribution in [0.15, 0.2) is 27.1 Å². The van der Waals surface area contributed by atoms with Gasteiger partial charge in [-0.3, -0.25) is 4.90 Å². The van der Waals surface area contributed by atoms with Gasteiger partial charge in [0.05, 0.1) is 0 Å². The molecule has 0 radical (unpaired) electrons. The number of hydrogen-bond donors (Lipinski definition) is 1. The van der Waals surface area contributed by atoms with E-state index in [9.17, 15) is 0 Å². The molecule has 0 aromatic heterocycles. The first-order chi connectivity index (χ1) is 9.11. The van der Waals surface area contributed by atoms with Crippen LogP contribution in [0.25, 0.3) is 0 Å². The Morgan fingerprint density at radius 1 is 1.16 bits per heavy atom. The second kappa shape index (κ2) is 7.21. The lowest BCUT2D eigenvalue weighted by atomic mass is 9.90. The van der Waals surface area contributed by atoms with Gasteiger partial charge in [-0.1, -0.05) is 52.1 Å². The molecule has 2 rings (SSSR count). The van der Waals surface area contributed by atoms with Gasteiger partial charge in [-0.05, 0) is 29.7 Å². The summed E-state index contributed by atoms with van der Waals surface area (Å²) in [5.74, 6) is 0.666. The van der Waals surface area contributed by atoms with Crippen molar-refractivity contribution in [1.29, 1.82) is 0 Å². The third-order valence-electron chi connectivity index (χ3n) is 3.95. The molecule has 4 heteroatoms. The highest BCUT2D eigenvalue weighted by Crippen LogP contribution is 2.34. The van der Waals surface area contributed by atoms with Gasteiger partial charge < -0.3 is 5.32 Å². The quantitative estimate of drug-likeness (QED) is 0.829. The van der Waals surface area contributed by atoms with E-state index in [0.717, 1.165) is 35.1 Å². The third-order valence-corrected chi connectivity index (χ3v) is 4.87. The van der Waals surface area contributed by atoms with Crippen molar-refractivity contribution in [2.24, 2.45) is 5.92 Å². The average molecular weight is 390 g/mol. The Bertz CT molecular complexity index is 396. The maximum Gasteiger partial charge on any atom is 0.0375 e. The molecule has 1 unspecified atom stereocenters. The van der Waals surface area contributed by atoms with Crippen molar-refractivity contribution in [2.45, 2.75) is 26.3 Å². The standard InChI is InChI=1S/C15H22Br2N2/c1-3-11(2)15(19-6-4-18-5-7-19)12-8-13(16)10-14(17)9-12/h8-11,15,18H,3-7H2,1-2H3/t11?,15-/m0/s1. The van der Waals surface area contributed by atoms with Crippen molar-refractivity contribution in [3.8, 4) is 0 Å². The van der Waals surface area contributed by atoms with Gasteiger partial charge in [0, 0.05) is 41.2 Å². The molecule has 1 aromatic rings. The minimum Gasteiger partial charge on any atom is -0.314 e. The predicted molar refractivity (Wildman–Crippen MR) is 88.5 cm³/mol. The smallest absolute Gasteiger partial charge is 0.0375 e. The molecular formula is C15H22Br2N2. The van der Waals surface area contributed by atoms with Crippen LogP contribution in [0.2, 0.25) is 0 Å². The molecular weight excluding hydrogens is 368 g/mol. The Balaban J connectivity index is 2.30. The molecule has 1 aromatic carbocycles. The summed E-state index contributed by atoms with van der Waals surface area (Å²) in [7, 11) is 0. The van der Waals surface area contributed by atoms with E-state index in [1.807, 2.05) is 0 Å². The van der Waals surface area contributed by atoms with Gasteiger partial charge in [0.2, 0.25) is 0 Å². The number of rotatable bonds is 4. The fourth-order valence-corrected chi connectivity index (χ4v) is 4.16. The zero-order valence-corrected chi connectivity index (χ0v) is 14.8. The highest BCUT2D eigenvalue weighted by Gasteiger charge is 2.26. The molecule has 0 spiro atoms. The molecule has 1 fully saturated rings. The number of nitrogens with zero attached hydrogens (tertiary/aromatic N) is 1. The summed E-state index contributed by atoms with van der Waals surface area (Å²) in [4.78, 5) is 2.62. The van der Waals surface area contributed by atoms with Crippen molar-refractivity contribution in [1.82, 2.24) is 10.2 Å². The number of benzene rings is 1. The Morgan fingerprint density at radius 3 is 2.26 bits per heavy atom. The van der Waals surface area contributed by atoms with Gasteiger partial charge in [-0.2, -0.15) is 0 Å². The fourth-order valence-electron chi connectivity index (χ4n) is 2.83. The van der Waals surface area contributed by atoms with Crippen LogP contribution in [0, 0.1) is 5.92 Å². The van der Waals surface area contributed by atoms with Crippen LogP contribution in [0.5, 0.6) is 0 Å². The molecule has 2 atom stereocenters. The van der Waals surface area contributed by atoms with E-state index in [-0.39, 0.29) is 0 Å². The van der Waals surface area contributed by atoms with Gasteiger partial charge in [-0.15, -0.1) is 0 Å². The van der Waals surface area contributed by atoms with Crippen molar-refractivity contribution in [3.05, 3.63) is 32.7 Å². The fraction of sp³-hybridized carbons (Fsp3) is 0.600. The second-order valence-electron chi connectivity index (χ2n) is 5.32. The van der Waals surface area contributed by atoms with E-state index in [1.165, 1.54) is 12.0 Å². The van der Waals surface area contributed by atoms with E-state index >= 15 is 0 Å². The second-order valence-corrected chi connectivity index (χ2v) is 7.15. The van der Waals surface area contributed by atoms with E-state index in [2.05, 4.69) is 74.1 Å². The lowest BCUT2D eigenvalue weighted by Gasteiger charge is -2.38. The summed E-state index contributed by atoms with van der Waals surface area (Å²) in [6.45, 7) is 9.12. The first-order valence-corrected chi connectivity index (χ1v) is 8.61. The summed E-state index contributed by atoms with van der Waals surface area (Å²) in [5.41, 5.74) is 1.41. The molecule has 0 aliphatic carbocycles. The Kier molecular flexibility index (Phi) is 5.87. The Morgan fingerprint density at radius 2 is 1.74 bits per heavy atom. The minimum atomic E-state index is 0.515. The molecule has 19 heavy (non-hydrogen) atoms. The number of nitrogens with one attached hydrogen (secondary N) is 1. The number of hydrogen-bond acceptors (Lipinski definition) is 2. The minimum absolute atomic E-state index is 0.515. The van der Waals surface area contributed by atoms with Crippen LogP contribution in [0.1, 0.15) is 31.9 Å². The van der Waals surface area contributed by atoms with Crippen LogP contribution in [0.3, 0.4) is 0 Å². The zero-order chi connectivity index (χ0) is 13.8. The van der Waals surface area contributed by atoms with Gasteiger partial charge in [0.1, 0.15) is 0 Å². The summed E-state index contributed by atoms with van der Waals surface area (Å²) >= 11 is 7.23. The molecule has 106 valence electrons. The lowest BCUT2D eigenvalue weighted by Crippen LogP contribution is -2.46. The summed E-state index contributed by atoms with van der Waals surface area (Å²) < 4.78 is 2.31. The number of piperazine rings is 1. The first-order valence-electron chi connectivity index (χ1n) is 7.02. The van der Waals surface area contributed by atoms with E-state index in [4.69, 9.17) is 0 Å². The largest absolute Gasteiger partial charge is 0.314 e. The van der Waals surface area contributed by atoms with Crippen LogP contribution < -0.4 is 5.32 Å². The highest BCUT2D eigenvalue weighted by atomic mass is 79.9. The van der Waals surface area contributed by atoms with E-state index in [1.54, 1.807) is 0 Å². The SMILES string of the molecule is CCC(C)[C@@H](c1cc(Br)cc(Br)c1)N1CCNCC1. The predicted octanol–water partition coefficient (Wildman–Crippen LogP) is 4.20. The number of halogens is 2. The first kappa shape index (κ1) is 15.5. The zero-order valence-electron chi connectivity index (χ0n) is 11.6. The molecule has 1 N–H and O–H groups in total. The van der Waals surface area contributed by atoms with Crippen molar-refractivity contribution < 1.29 is 0 Å². The monoisotopic (exact) mass is 388 g/mol. The normalized spacial score (nSPS) is 20.2. The van der Waals surface area contributed by atoms with Crippen LogP contribution in [-0.4, -0.2) is 31.1 Å². The van der Waals surface area contributed by atoms with Gasteiger partial charge in [0.15, 0.2) is 0 Å². The maximum absolute atomic E-state index is 3.62. The molecule has 1 saturated heterocycles. The molecule has 0 saturated carbocycles. The summed E-state index contributed by atoms with van der Waals surface area (Å²) in [6, 6.07) is 7.16. The van der Waals surface area contributed by atoms with Crippen molar-refractivity contribution >= 4 is 31.9 Å². The molecule has 2 nitrogen and oxygen atoms in total. The Labute approximate surface area is 133 Å². The molecule has 1 aliphatic rings. The van der Waals surface area contributed by atoms with Crippen molar-refractivity contribution in [2.75, 3.05) is 26.2 Å². The van der Waals surface area contributed by atoms with Gasteiger partial charge in [0.25, 0.3) is 0 Å². The third kappa shape index (κ3) is 4.03. The molecule has 0 amide bonds. The topological polar surface area (TPSA) is 15.3 Å². The lowest BCUT2D eigenvalue weighted by molar-refractivity contribution is 0.128. The van der Waals surface area contributed by atoms with Gasteiger partial charge >= 0.3 is 0 Å². The summed E-state index contributed by atoms with van der Waals surface area (Å²) in [5, 5.41) is 3.44. The van der Waals surface area contributed by atoms with Crippen LogP contribution >= 0.6 is 31.9 Å². The van der Waals surface area contributed by atoms with Crippen LogP contribution in [-0.2, 0) is 0 Å². The van der Waals surface area contributed by atoms with E-state index in [0.29, 0.717) is 12.0 Å². The molecule has 1 aliphatic heterocycles. The van der Waals surface area contributed by atoms with Crippen LogP contribution in [0.4, 0.5) is 0 Å². The average Bonchev–Trinajstić information content (AvgIpc) is 2.39. The maximum atomic E-state index is 3.62. The van der Waals surface area contributed by atoms with E-state index < -0.39 is 0 Å². The van der Waals surface area contributed by atoms with Crippen molar-refractivity contribution in [3.63, 3.8) is 0 Å². The van der Waals surface area contributed by atoms with Gasteiger partial charge in [-0.25, -0.2) is 0 Å². The summed E-state index contributed by atoms with van der Waals surface area (Å²) in [6.07, 6.45) is 1.21. The Hall–Kier alpha value is 0.1000. The highest BCUT2D eigenvalue weighted by molar-refractivity contribution is 9.11. The molecule has 1 heterocycles. The molecule has 0 bridgehead atoms.